The highest BCUT2D eigenvalue weighted by atomic mass is 16.3. The molecular formula is C12H22N4O. The summed E-state index contributed by atoms with van der Waals surface area (Å²) < 4.78 is 0. The molecule has 0 aliphatic carbocycles. The molecule has 0 amide bonds. The highest BCUT2D eigenvalue weighted by Crippen LogP contribution is 2.23. The van der Waals surface area contributed by atoms with E-state index in [1.54, 1.807) is 6.92 Å². The number of hydrogen-bond acceptors (Lipinski definition) is 5. The lowest BCUT2D eigenvalue weighted by molar-refractivity contribution is 0.201. The zero-order chi connectivity index (χ0) is 13.2. The van der Waals surface area contributed by atoms with Crippen LogP contribution in [0.1, 0.15) is 38.1 Å². The third kappa shape index (κ3) is 3.30. The van der Waals surface area contributed by atoms with Crippen LogP contribution in [-0.4, -0.2) is 34.8 Å². The van der Waals surface area contributed by atoms with E-state index in [-0.39, 0.29) is 5.92 Å². The van der Waals surface area contributed by atoms with Crippen LogP contribution in [0.5, 0.6) is 0 Å². The minimum Gasteiger partial charge on any atom is -0.392 e. The molecule has 1 unspecified atom stereocenters. The Morgan fingerprint density at radius 3 is 2.35 bits per heavy atom. The average molecular weight is 238 g/mol. The Labute approximate surface area is 103 Å². The molecule has 1 heterocycles. The van der Waals surface area contributed by atoms with Gasteiger partial charge in [-0.15, -0.1) is 0 Å². The van der Waals surface area contributed by atoms with Crippen LogP contribution >= 0.6 is 0 Å². The quantitative estimate of drug-likeness (QED) is 0.827. The first-order valence-electron chi connectivity index (χ1n) is 5.86. The summed E-state index contributed by atoms with van der Waals surface area (Å²) in [7, 11) is 1.89. The van der Waals surface area contributed by atoms with Crippen molar-refractivity contribution in [3.05, 3.63) is 11.4 Å². The van der Waals surface area contributed by atoms with Gasteiger partial charge in [-0.1, -0.05) is 13.8 Å². The molecule has 0 spiro atoms. The van der Waals surface area contributed by atoms with E-state index >= 15 is 0 Å². The second-order valence-corrected chi connectivity index (χ2v) is 4.80. The van der Waals surface area contributed by atoms with Crippen molar-refractivity contribution in [3.63, 3.8) is 0 Å². The van der Waals surface area contributed by atoms with Gasteiger partial charge >= 0.3 is 0 Å². The molecule has 96 valence electrons. The third-order valence-corrected chi connectivity index (χ3v) is 2.59. The Hall–Kier alpha value is -1.36. The first-order valence-corrected chi connectivity index (χ1v) is 5.86. The van der Waals surface area contributed by atoms with Crippen molar-refractivity contribution >= 4 is 11.6 Å². The summed E-state index contributed by atoms with van der Waals surface area (Å²) in [5.41, 5.74) is 6.75. The van der Waals surface area contributed by atoms with Gasteiger partial charge in [0.15, 0.2) is 0 Å². The fraction of sp³-hybridized carbons (Fsp3) is 0.667. The average Bonchev–Trinajstić information content (AvgIpc) is 2.20. The van der Waals surface area contributed by atoms with Crippen molar-refractivity contribution in [1.82, 2.24) is 9.97 Å². The lowest BCUT2D eigenvalue weighted by atomic mass is 10.2. The molecule has 1 atom stereocenters. The molecule has 0 aliphatic heterocycles. The molecule has 5 heteroatoms. The molecule has 0 radical (unpaired) electrons. The van der Waals surface area contributed by atoms with E-state index in [1.807, 2.05) is 32.7 Å². The summed E-state index contributed by atoms with van der Waals surface area (Å²) in [4.78, 5) is 10.7. The SMILES string of the molecule is Cc1c(N)nc(C(C)C)nc1N(C)CC(C)O. The summed E-state index contributed by atoms with van der Waals surface area (Å²) in [6.45, 7) is 8.23. The molecule has 3 N–H and O–H groups in total. The summed E-state index contributed by atoms with van der Waals surface area (Å²) in [5, 5.41) is 9.41. The fourth-order valence-electron chi connectivity index (χ4n) is 1.65. The van der Waals surface area contributed by atoms with Gasteiger partial charge in [0.05, 0.1) is 6.10 Å². The van der Waals surface area contributed by atoms with Crippen LogP contribution in [0.4, 0.5) is 11.6 Å². The van der Waals surface area contributed by atoms with Crippen molar-refractivity contribution in [1.29, 1.82) is 0 Å². The lowest BCUT2D eigenvalue weighted by Crippen LogP contribution is -2.29. The first-order chi connectivity index (χ1) is 7.82. The maximum Gasteiger partial charge on any atom is 0.137 e. The van der Waals surface area contributed by atoms with Crippen molar-refractivity contribution in [2.24, 2.45) is 0 Å². The smallest absolute Gasteiger partial charge is 0.137 e. The van der Waals surface area contributed by atoms with Crippen molar-refractivity contribution in [3.8, 4) is 0 Å². The molecule has 17 heavy (non-hydrogen) atoms. The van der Waals surface area contributed by atoms with Gasteiger partial charge < -0.3 is 15.7 Å². The Bertz CT molecular complexity index is 390. The summed E-state index contributed by atoms with van der Waals surface area (Å²) in [6, 6.07) is 0. The highest BCUT2D eigenvalue weighted by molar-refractivity contribution is 5.56. The Kier molecular flexibility index (Phi) is 4.28. The lowest BCUT2D eigenvalue weighted by Gasteiger charge is -2.23. The number of anilines is 2. The van der Waals surface area contributed by atoms with Gasteiger partial charge in [-0.25, -0.2) is 9.97 Å². The van der Waals surface area contributed by atoms with Gasteiger partial charge in [0.2, 0.25) is 0 Å². The van der Waals surface area contributed by atoms with E-state index in [0.717, 1.165) is 17.2 Å². The summed E-state index contributed by atoms with van der Waals surface area (Å²) in [6.07, 6.45) is -0.405. The second kappa shape index (κ2) is 5.31. The zero-order valence-corrected chi connectivity index (χ0v) is 11.2. The largest absolute Gasteiger partial charge is 0.392 e. The standard InChI is InChI=1S/C12H22N4O/c1-7(2)11-14-10(13)9(4)12(15-11)16(5)6-8(3)17/h7-8,17H,6H2,1-5H3,(H2,13,14,15). The second-order valence-electron chi connectivity index (χ2n) is 4.80. The van der Waals surface area contributed by atoms with E-state index in [9.17, 15) is 5.11 Å². The normalized spacial score (nSPS) is 12.9. The van der Waals surface area contributed by atoms with E-state index < -0.39 is 6.10 Å². The fourth-order valence-corrected chi connectivity index (χ4v) is 1.65. The first kappa shape index (κ1) is 13.7. The van der Waals surface area contributed by atoms with Gasteiger partial charge in [-0.2, -0.15) is 0 Å². The molecule has 0 aliphatic rings. The van der Waals surface area contributed by atoms with E-state index in [4.69, 9.17) is 5.73 Å². The van der Waals surface area contributed by atoms with Crippen LogP contribution in [0.2, 0.25) is 0 Å². The number of likely N-dealkylation sites (N-methyl/N-ethyl adjacent to an activating group) is 1. The van der Waals surface area contributed by atoms with Crippen LogP contribution in [0.25, 0.3) is 0 Å². The number of nitrogens with two attached hydrogens (primary N) is 1. The number of hydrogen-bond donors (Lipinski definition) is 2. The third-order valence-electron chi connectivity index (χ3n) is 2.59. The molecule has 0 saturated carbocycles. The molecule has 1 rings (SSSR count). The van der Waals surface area contributed by atoms with Crippen LogP contribution in [0.15, 0.2) is 0 Å². The van der Waals surface area contributed by atoms with Crippen LogP contribution < -0.4 is 10.6 Å². The predicted octanol–water partition coefficient (Wildman–Crippen LogP) is 1.31. The Morgan fingerprint density at radius 1 is 1.29 bits per heavy atom. The molecule has 1 aromatic heterocycles. The highest BCUT2D eigenvalue weighted by Gasteiger charge is 2.15. The zero-order valence-electron chi connectivity index (χ0n) is 11.2. The number of aromatic nitrogens is 2. The Balaban J connectivity index is 3.13. The molecule has 0 aromatic carbocycles. The van der Waals surface area contributed by atoms with Gasteiger partial charge in [-0.05, 0) is 13.8 Å². The van der Waals surface area contributed by atoms with Gasteiger partial charge in [0.1, 0.15) is 17.5 Å². The molecular weight excluding hydrogens is 216 g/mol. The maximum atomic E-state index is 9.41. The molecule has 1 aromatic rings. The number of aliphatic hydroxyl groups excluding tert-OH is 1. The molecule has 0 bridgehead atoms. The van der Waals surface area contributed by atoms with Gasteiger partial charge in [0.25, 0.3) is 0 Å². The van der Waals surface area contributed by atoms with E-state index in [0.29, 0.717) is 12.4 Å². The van der Waals surface area contributed by atoms with Crippen molar-refractivity contribution in [2.75, 3.05) is 24.2 Å². The van der Waals surface area contributed by atoms with E-state index in [2.05, 4.69) is 9.97 Å². The number of rotatable bonds is 4. The van der Waals surface area contributed by atoms with Gasteiger partial charge in [-0.3, -0.25) is 0 Å². The molecule has 0 saturated heterocycles. The number of nitrogens with zero attached hydrogens (tertiary/aromatic N) is 3. The summed E-state index contributed by atoms with van der Waals surface area (Å²) in [5.74, 6) is 2.27. The number of aliphatic hydroxyl groups is 1. The van der Waals surface area contributed by atoms with Crippen LogP contribution in [0, 0.1) is 6.92 Å². The number of nitrogen functional groups attached to an aromatic ring is 1. The topological polar surface area (TPSA) is 75.3 Å². The van der Waals surface area contributed by atoms with Crippen molar-refractivity contribution in [2.45, 2.75) is 39.7 Å². The summed E-state index contributed by atoms with van der Waals surface area (Å²) >= 11 is 0. The predicted molar refractivity (Wildman–Crippen MR) is 70.2 cm³/mol. The minimum absolute atomic E-state index is 0.233. The van der Waals surface area contributed by atoms with E-state index in [1.165, 1.54) is 0 Å². The van der Waals surface area contributed by atoms with Gasteiger partial charge in [0, 0.05) is 25.1 Å². The van der Waals surface area contributed by atoms with Crippen molar-refractivity contribution < 1.29 is 5.11 Å². The van der Waals surface area contributed by atoms with Crippen LogP contribution in [0.3, 0.4) is 0 Å². The minimum atomic E-state index is -0.405. The Morgan fingerprint density at radius 2 is 1.88 bits per heavy atom. The maximum absolute atomic E-state index is 9.41. The molecule has 0 fully saturated rings. The molecule has 5 nitrogen and oxygen atoms in total. The van der Waals surface area contributed by atoms with Crippen LogP contribution in [-0.2, 0) is 0 Å². The monoisotopic (exact) mass is 238 g/mol.